The van der Waals surface area contributed by atoms with E-state index in [-0.39, 0.29) is 44.1 Å². The zero-order chi connectivity index (χ0) is 36.5. The summed E-state index contributed by atoms with van der Waals surface area (Å²) in [6.45, 7) is -0.917. The van der Waals surface area contributed by atoms with Crippen molar-refractivity contribution in [1.82, 2.24) is 15.0 Å². The maximum Gasteiger partial charge on any atom is 0.445 e. The van der Waals surface area contributed by atoms with Gasteiger partial charge in [0, 0.05) is 5.69 Å². The number of nitrogens with zero attached hydrogens (tertiary/aromatic N) is 6. The fraction of sp³-hybridized carbons (Fsp3) is 0.0870. The smallest absolute Gasteiger partial charge is 0.445 e. The number of azo groups is 1. The summed E-state index contributed by atoms with van der Waals surface area (Å²) in [4.78, 5) is 22.4. The van der Waals surface area contributed by atoms with E-state index in [1.807, 2.05) is 0 Å². The highest BCUT2D eigenvalue weighted by atomic mass is 32.3. The summed E-state index contributed by atoms with van der Waals surface area (Å²) in [6, 6.07) is 8.39. The van der Waals surface area contributed by atoms with Crippen LogP contribution in [0.15, 0.2) is 79.8 Å². The largest absolute Gasteiger partial charge is 0.478 e. The molecule has 0 atom stereocenters. The second kappa shape index (κ2) is 16.9. The molecule has 0 spiro atoms. The fourth-order valence-electron chi connectivity index (χ4n) is 3.62. The van der Waals surface area contributed by atoms with Crippen LogP contribution in [0.25, 0.3) is 5.95 Å². The average Bonchev–Trinajstić information content (AvgIpc) is 3.05. The highest BCUT2D eigenvalue weighted by Gasteiger charge is 2.22. The number of hydrogen-bond acceptors (Lipinski definition) is 21. The maximum absolute atomic E-state index is 14.5. The molecule has 2 aromatic heterocycles. The third-order valence-corrected chi connectivity index (χ3v) is 9.15. The van der Waals surface area contributed by atoms with Gasteiger partial charge in [0.2, 0.25) is 0 Å². The van der Waals surface area contributed by atoms with Crippen LogP contribution in [-0.4, -0.2) is 70.3 Å². The van der Waals surface area contributed by atoms with Gasteiger partial charge in [-0.25, -0.2) is 32.5 Å². The first-order valence-electron chi connectivity index (χ1n) is 12.8. The molecule has 0 saturated carbocycles. The van der Waals surface area contributed by atoms with Crippen molar-refractivity contribution < 1.29 is 73.7 Å². The molecule has 0 aliphatic carbocycles. The number of sulfone groups is 1. The lowest BCUT2D eigenvalue weighted by Gasteiger charge is -2.11. The molecule has 2 aromatic carbocycles. The van der Waals surface area contributed by atoms with Gasteiger partial charge in [0.05, 0.1) is 74.8 Å². The molecule has 2 heterocycles. The number of halogens is 1. The first kappa shape index (κ1) is 38.3. The lowest BCUT2D eigenvalue weighted by molar-refractivity contribution is -0.604. The molecule has 0 fully saturated rings. The fourth-order valence-corrected chi connectivity index (χ4v) is 5.95. The van der Waals surface area contributed by atoms with E-state index in [1.54, 1.807) is 0 Å². The van der Waals surface area contributed by atoms with Gasteiger partial charge < -0.3 is 16.2 Å². The van der Waals surface area contributed by atoms with E-state index in [0.717, 1.165) is 22.9 Å². The Morgan fingerprint density at radius 2 is 1.68 bits per heavy atom. The molecule has 0 amide bonds. The van der Waals surface area contributed by atoms with Crippen molar-refractivity contribution in [3.63, 3.8) is 0 Å². The SMILES string of the molecule is Nc1cc(Nc2nc(F)nc(-[n+]3cccc(C(=O)O)c3)n2)c(N=Nc2cc(S(=O)(=O)CCOS(=O)(=O)O)ccc2SOOO)cc1SOOO. The number of carboxylic acids is 1. The van der Waals surface area contributed by atoms with Crippen molar-refractivity contribution in [3.05, 3.63) is 66.5 Å². The Morgan fingerprint density at radius 1 is 0.980 bits per heavy atom. The number of carboxylic acid groups (broad SMARTS) is 1. The molecular weight excluding hydrogens is 760 g/mol. The minimum absolute atomic E-state index is 0.0169. The Kier molecular flexibility index (Phi) is 13.0. The minimum Gasteiger partial charge on any atom is -0.478 e. The van der Waals surface area contributed by atoms with Crippen molar-refractivity contribution in [2.75, 3.05) is 23.4 Å². The lowest BCUT2D eigenvalue weighted by atomic mass is 10.2. The Morgan fingerprint density at radius 3 is 2.36 bits per heavy atom. The summed E-state index contributed by atoms with van der Waals surface area (Å²) in [5.41, 5.74) is 5.51. The normalized spacial score (nSPS) is 12.0. The molecule has 0 saturated heterocycles. The highest BCUT2D eigenvalue weighted by molar-refractivity contribution is 7.95. The van der Waals surface area contributed by atoms with E-state index in [9.17, 15) is 31.1 Å². The number of aromatic nitrogens is 4. The van der Waals surface area contributed by atoms with Crippen molar-refractivity contribution in [2.45, 2.75) is 14.7 Å². The molecular formula is C23H20FN8O14S4+. The van der Waals surface area contributed by atoms with Crippen LogP contribution < -0.4 is 15.6 Å². The Bertz CT molecular complexity index is 2130. The van der Waals surface area contributed by atoms with Gasteiger partial charge in [-0.05, 0) is 52.4 Å². The third kappa shape index (κ3) is 10.7. The molecule has 0 radical (unpaired) electrons. The maximum atomic E-state index is 14.5. The number of nitrogen functional groups attached to an aromatic ring is 1. The number of carbonyl (C=O) groups is 1. The van der Waals surface area contributed by atoms with E-state index >= 15 is 0 Å². The van der Waals surface area contributed by atoms with Gasteiger partial charge in [0.25, 0.3) is 0 Å². The van der Waals surface area contributed by atoms with Crippen LogP contribution in [-0.2, 0) is 43.2 Å². The molecule has 50 heavy (non-hydrogen) atoms. The molecule has 22 nitrogen and oxygen atoms in total. The van der Waals surface area contributed by atoms with Crippen LogP contribution in [0, 0.1) is 6.08 Å². The molecule has 0 aliphatic heterocycles. The molecule has 7 N–H and O–H groups in total. The lowest BCUT2D eigenvalue weighted by Crippen LogP contribution is -2.34. The predicted octanol–water partition coefficient (Wildman–Crippen LogP) is 3.18. The van der Waals surface area contributed by atoms with Crippen LogP contribution in [0.1, 0.15) is 10.4 Å². The van der Waals surface area contributed by atoms with Gasteiger partial charge in [0.1, 0.15) is 11.4 Å². The van der Waals surface area contributed by atoms with Crippen molar-refractivity contribution in [3.8, 4) is 5.95 Å². The van der Waals surface area contributed by atoms with Crippen LogP contribution in [0.4, 0.5) is 33.1 Å². The highest BCUT2D eigenvalue weighted by Crippen LogP contribution is 2.39. The monoisotopic (exact) mass is 779 g/mol. The average molecular weight is 780 g/mol. The van der Waals surface area contributed by atoms with Gasteiger partial charge >= 0.3 is 34.3 Å². The molecule has 4 rings (SSSR count). The number of hydrogen-bond donors (Lipinski definition) is 6. The summed E-state index contributed by atoms with van der Waals surface area (Å²) in [5.74, 6) is -2.89. The number of anilines is 3. The summed E-state index contributed by atoms with van der Waals surface area (Å²) >= 11 is 0.814. The van der Waals surface area contributed by atoms with Crippen LogP contribution in [0.5, 0.6) is 0 Å². The first-order chi connectivity index (χ1) is 23.7. The summed E-state index contributed by atoms with van der Waals surface area (Å²) in [7, 11) is -9.16. The Hall–Kier alpha value is -4.52. The second-order valence-electron chi connectivity index (χ2n) is 8.92. The summed E-state index contributed by atoms with van der Waals surface area (Å²) in [6.07, 6.45) is 1.22. The second-order valence-corrected chi connectivity index (χ2v) is 13.6. The van der Waals surface area contributed by atoms with Gasteiger partial charge in [-0.3, -0.25) is 4.55 Å². The minimum atomic E-state index is -4.91. The van der Waals surface area contributed by atoms with E-state index in [1.165, 1.54) is 36.5 Å². The van der Waals surface area contributed by atoms with E-state index < -0.39 is 55.5 Å². The Balaban J connectivity index is 1.76. The van der Waals surface area contributed by atoms with Crippen molar-refractivity contribution in [2.24, 2.45) is 10.2 Å². The topological polar surface area (TPSA) is 318 Å². The Labute approximate surface area is 287 Å². The quantitative estimate of drug-likeness (QED) is 0.0170. The van der Waals surface area contributed by atoms with Crippen molar-refractivity contribution >= 4 is 79.0 Å². The van der Waals surface area contributed by atoms with E-state index in [4.69, 9.17) is 20.8 Å². The van der Waals surface area contributed by atoms with Gasteiger partial charge in [0.15, 0.2) is 9.84 Å². The molecule has 0 unspecified atom stereocenters. The van der Waals surface area contributed by atoms with Crippen molar-refractivity contribution in [1.29, 1.82) is 0 Å². The summed E-state index contributed by atoms with van der Waals surface area (Å²) < 4.78 is 84.7. The van der Waals surface area contributed by atoms with Gasteiger partial charge in [-0.1, -0.05) is 10.1 Å². The molecule has 266 valence electrons. The van der Waals surface area contributed by atoms with E-state index in [0.29, 0.717) is 24.1 Å². The number of rotatable bonds is 17. The van der Waals surface area contributed by atoms with Gasteiger partial charge in [-0.2, -0.15) is 8.42 Å². The van der Waals surface area contributed by atoms with Crippen LogP contribution in [0.3, 0.4) is 0 Å². The molecule has 27 heteroatoms. The molecule has 0 aliphatic rings. The molecule has 0 bridgehead atoms. The third-order valence-electron chi connectivity index (χ3n) is 5.70. The zero-order valence-corrected chi connectivity index (χ0v) is 27.5. The standard InChI is InChI=1S/C23H19FN8O14S4/c24-21-27-22(29-23(28-21)32-5-1-2-12(11-32)20(33)34)26-15-9-14(25)19(48-46-44-36)10-16(15)30-31-17-8-13(3-4-18(17)47-45-43-35)49(37,38)7-6-42-50(39,40)41/h1-5,8-11H,6-7H2,(H6-,25,26,27,28,29,31,33,34,35,36,39,40,41)/p+1. The van der Waals surface area contributed by atoms with Crippen LogP contribution in [0.2, 0.25) is 0 Å². The van der Waals surface area contributed by atoms with Crippen LogP contribution >= 0.6 is 24.1 Å². The van der Waals surface area contributed by atoms with E-state index in [2.05, 4.69) is 53.4 Å². The summed E-state index contributed by atoms with van der Waals surface area (Å²) in [5, 5.41) is 44.5. The predicted molar refractivity (Wildman–Crippen MR) is 164 cm³/mol. The zero-order valence-electron chi connectivity index (χ0n) is 24.3. The number of pyridine rings is 1. The van der Waals surface area contributed by atoms with Gasteiger partial charge in [-0.15, -0.1) is 28.3 Å². The number of aromatic carboxylic acids is 1. The number of benzene rings is 2. The number of nitrogens with one attached hydrogen (secondary N) is 1. The molecule has 4 aromatic rings. The first-order valence-corrected chi connectivity index (χ1v) is 17.3. The number of nitrogens with two attached hydrogens (primary N) is 1.